The summed E-state index contributed by atoms with van der Waals surface area (Å²) < 4.78 is 14.6. The van der Waals surface area contributed by atoms with Crippen molar-refractivity contribution in [3.63, 3.8) is 0 Å². The Hall–Kier alpha value is -2.69. The highest BCUT2D eigenvalue weighted by molar-refractivity contribution is 5.81. The van der Waals surface area contributed by atoms with Crippen LogP contribution < -0.4 is 11.3 Å². The van der Waals surface area contributed by atoms with Gasteiger partial charge in [0.25, 0.3) is 5.56 Å². The third kappa shape index (κ3) is 1.95. The number of benzene rings is 1. The normalized spacial score (nSPS) is 10.8. The lowest BCUT2D eigenvalue weighted by Crippen LogP contribution is -2.18. The maximum Gasteiger partial charge on any atom is 0.264 e. The molecule has 0 atom stereocenters. The fourth-order valence-electron chi connectivity index (χ4n) is 1.93. The molecule has 2 N–H and O–H groups in total. The van der Waals surface area contributed by atoms with Crippen LogP contribution in [0, 0.1) is 5.82 Å². The van der Waals surface area contributed by atoms with Crippen LogP contribution in [-0.2, 0) is 0 Å². The Labute approximate surface area is 107 Å². The van der Waals surface area contributed by atoms with Crippen LogP contribution in [0.15, 0.2) is 53.6 Å². The number of pyridine rings is 2. The summed E-state index contributed by atoms with van der Waals surface area (Å²) in [6.45, 7) is 0. The van der Waals surface area contributed by atoms with Gasteiger partial charge < -0.3 is 5.73 Å². The number of nitrogens with zero attached hydrogens (tertiary/aromatic N) is 2. The SMILES string of the molecule is Nc1ccc(-n2ccc3ccc(F)cc3c2=O)nc1. The molecule has 0 amide bonds. The van der Waals surface area contributed by atoms with Crippen molar-refractivity contribution < 1.29 is 4.39 Å². The number of hydrogen-bond acceptors (Lipinski definition) is 3. The van der Waals surface area contributed by atoms with Crippen molar-refractivity contribution in [2.24, 2.45) is 0 Å². The second kappa shape index (κ2) is 4.20. The van der Waals surface area contributed by atoms with E-state index in [9.17, 15) is 9.18 Å². The summed E-state index contributed by atoms with van der Waals surface area (Å²) in [6, 6.07) is 9.17. The monoisotopic (exact) mass is 255 g/mol. The first-order valence-electron chi connectivity index (χ1n) is 5.68. The van der Waals surface area contributed by atoms with Crippen molar-refractivity contribution in [1.82, 2.24) is 9.55 Å². The second-order valence-corrected chi connectivity index (χ2v) is 4.17. The van der Waals surface area contributed by atoms with E-state index in [2.05, 4.69) is 4.98 Å². The van der Waals surface area contributed by atoms with E-state index in [0.717, 1.165) is 0 Å². The predicted molar refractivity (Wildman–Crippen MR) is 71.7 cm³/mol. The maximum absolute atomic E-state index is 13.2. The Balaban J connectivity index is 2.28. The minimum atomic E-state index is -0.437. The molecule has 0 saturated carbocycles. The van der Waals surface area contributed by atoms with Gasteiger partial charge in [-0.1, -0.05) is 6.07 Å². The number of fused-ring (bicyclic) bond motifs is 1. The van der Waals surface area contributed by atoms with Crippen LogP contribution >= 0.6 is 0 Å². The Kier molecular flexibility index (Phi) is 2.52. The van der Waals surface area contributed by atoms with E-state index >= 15 is 0 Å². The molecule has 0 aliphatic carbocycles. The van der Waals surface area contributed by atoms with Crippen LogP contribution in [0.1, 0.15) is 0 Å². The first-order valence-corrected chi connectivity index (χ1v) is 5.68. The van der Waals surface area contributed by atoms with Gasteiger partial charge in [0.05, 0.1) is 17.3 Å². The Bertz CT molecular complexity index is 809. The molecular weight excluding hydrogens is 245 g/mol. The molecule has 0 bridgehead atoms. The van der Waals surface area contributed by atoms with Gasteiger partial charge in [0.2, 0.25) is 0 Å². The Morgan fingerprint density at radius 2 is 2.00 bits per heavy atom. The van der Waals surface area contributed by atoms with Crippen molar-refractivity contribution in [2.45, 2.75) is 0 Å². The molecule has 0 aliphatic rings. The van der Waals surface area contributed by atoms with Crippen molar-refractivity contribution in [3.05, 3.63) is 65.0 Å². The highest BCUT2D eigenvalue weighted by Gasteiger charge is 2.06. The van der Waals surface area contributed by atoms with Crippen LogP contribution in [0.5, 0.6) is 0 Å². The van der Waals surface area contributed by atoms with E-state index in [1.54, 1.807) is 30.5 Å². The molecule has 19 heavy (non-hydrogen) atoms. The number of anilines is 1. The van der Waals surface area contributed by atoms with E-state index in [-0.39, 0.29) is 5.56 Å². The first-order chi connectivity index (χ1) is 9.15. The highest BCUT2D eigenvalue weighted by Crippen LogP contribution is 2.13. The van der Waals surface area contributed by atoms with Crippen LogP contribution in [0.2, 0.25) is 0 Å². The second-order valence-electron chi connectivity index (χ2n) is 4.17. The molecule has 3 rings (SSSR count). The summed E-state index contributed by atoms with van der Waals surface area (Å²) in [4.78, 5) is 16.4. The van der Waals surface area contributed by atoms with Gasteiger partial charge in [0.1, 0.15) is 11.6 Å². The lowest BCUT2D eigenvalue weighted by Gasteiger charge is -2.06. The maximum atomic E-state index is 13.2. The van der Waals surface area contributed by atoms with Crippen molar-refractivity contribution in [3.8, 4) is 5.82 Å². The van der Waals surface area contributed by atoms with Gasteiger partial charge in [0, 0.05) is 6.20 Å². The fourth-order valence-corrected chi connectivity index (χ4v) is 1.93. The van der Waals surface area contributed by atoms with Crippen molar-refractivity contribution >= 4 is 16.5 Å². The van der Waals surface area contributed by atoms with Crippen LogP contribution in [0.25, 0.3) is 16.6 Å². The number of rotatable bonds is 1. The van der Waals surface area contributed by atoms with Gasteiger partial charge >= 0.3 is 0 Å². The number of halogens is 1. The molecule has 2 aromatic heterocycles. The van der Waals surface area contributed by atoms with Gasteiger partial charge in [-0.05, 0) is 35.7 Å². The smallest absolute Gasteiger partial charge is 0.264 e. The zero-order chi connectivity index (χ0) is 13.4. The summed E-state index contributed by atoms with van der Waals surface area (Å²) in [6.07, 6.45) is 3.08. The lowest BCUT2D eigenvalue weighted by atomic mass is 10.1. The van der Waals surface area contributed by atoms with Crippen molar-refractivity contribution in [1.29, 1.82) is 0 Å². The van der Waals surface area contributed by atoms with Gasteiger partial charge in [0.15, 0.2) is 0 Å². The third-order valence-electron chi connectivity index (χ3n) is 2.89. The van der Waals surface area contributed by atoms with E-state index in [1.807, 2.05) is 0 Å². The minimum Gasteiger partial charge on any atom is -0.397 e. The van der Waals surface area contributed by atoms with E-state index in [1.165, 1.54) is 22.9 Å². The first kappa shape index (κ1) is 11.4. The summed E-state index contributed by atoms with van der Waals surface area (Å²) in [7, 11) is 0. The molecule has 5 heteroatoms. The molecular formula is C14H10FN3O. The van der Waals surface area contributed by atoms with Crippen LogP contribution in [0.3, 0.4) is 0 Å². The molecule has 2 heterocycles. The highest BCUT2D eigenvalue weighted by atomic mass is 19.1. The number of nitrogens with two attached hydrogens (primary N) is 1. The molecule has 0 radical (unpaired) electrons. The lowest BCUT2D eigenvalue weighted by molar-refractivity contribution is 0.629. The number of hydrogen-bond donors (Lipinski definition) is 1. The third-order valence-corrected chi connectivity index (χ3v) is 2.89. The van der Waals surface area contributed by atoms with Gasteiger partial charge in [-0.2, -0.15) is 0 Å². The summed E-state index contributed by atoms with van der Waals surface area (Å²) in [5.74, 6) is 0.0120. The Morgan fingerprint density at radius 3 is 2.74 bits per heavy atom. The van der Waals surface area contributed by atoms with Gasteiger partial charge in [-0.15, -0.1) is 0 Å². The molecule has 0 spiro atoms. The molecule has 0 unspecified atom stereocenters. The van der Waals surface area contributed by atoms with Crippen molar-refractivity contribution in [2.75, 3.05) is 5.73 Å². The molecule has 94 valence electrons. The fraction of sp³-hybridized carbons (Fsp3) is 0. The quantitative estimate of drug-likeness (QED) is 0.724. The molecule has 1 aromatic carbocycles. The summed E-state index contributed by atoms with van der Waals surface area (Å²) in [5, 5.41) is 1.01. The summed E-state index contributed by atoms with van der Waals surface area (Å²) >= 11 is 0. The van der Waals surface area contributed by atoms with E-state index in [0.29, 0.717) is 22.3 Å². The standard InChI is InChI=1S/C14H10FN3O/c15-10-2-1-9-5-6-18(14(19)12(9)7-10)13-4-3-11(16)8-17-13/h1-8H,16H2. The van der Waals surface area contributed by atoms with Gasteiger partial charge in [-0.3, -0.25) is 9.36 Å². The molecule has 3 aromatic rings. The molecule has 4 nitrogen and oxygen atoms in total. The summed E-state index contributed by atoms with van der Waals surface area (Å²) in [5.41, 5.74) is 5.76. The zero-order valence-electron chi connectivity index (χ0n) is 9.88. The van der Waals surface area contributed by atoms with E-state index < -0.39 is 5.82 Å². The average Bonchev–Trinajstić information content (AvgIpc) is 2.41. The molecule has 0 saturated heterocycles. The topological polar surface area (TPSA) is 60.9 Å². The average molecular weight is 255 g/mol. The molecule has 0 aliphatic heterocycles. The minimum absolute atomic E-state index is 0.311. The number of nitrogen functional groups attached to an aromatic ring is 1. The van der Waals surface area contributed by atoms with E-state index in [4.69, 9.17) is 5.73 Å². The predicted octanol–water partition coefficient (Wildman–Crippen LogP) is 2.11. The van der Waals surface area contributed by atoms with Crippen LogP contribution in [0.4, 0.5) is 10.1 Å². The molecule has 0 fully saturated rings. The number of aromatic nitrogens is 2. The Morgan fingerprint density at radius 1 is 1.16 bits per heavy atom. The van der Waals surface area contributed by atoms with Gasteiger partial charge in [-0.25, -0.2) is 9.37 Å². The van der Waals surface area contributed by atoms with Crippen LogP contribution in [-0.4, -0.2) is 9.55 Å². The largest absolute Gasteiger partial charge is 0.397 e. The zero-order valence-corrected chi connectivity index (χ0v) is 9.88.